The Balaban J connectivity index is 1.42. The molecule has 1 amide bonds. The normalized spacial score (nSPS) is 26.0. The van der Waals surface area contributed by atoms with Gasteiger partial charge in [0.05, 0.1) is 11.3 Å². The lowest BCUT2D eigenvalue weighted by Gasteiger charge is -2.44. The van der Waals surface area contributed by atoms with Gasteiger partial charge >= 0.3 is 0 Å². The molecule has 2 aliphatic carbocycles. The lowest BCUT2D eigenvalue weighted by Crippen LogP contribution is -2.42. The number of benzene rings is 2. The number of amides is 1. The molecule has 0 aliphatic heterocycles. The van der Waals surface area contributed by atoms with Crippen molar-refractivity contribution in [3.8, 4) is 17.0 Å². The second-order valence-corrected chi connectivity index (χ2v) is 10.9. The number of aromatic hydroxyl groups is 1. The number of nitrogens with zero attached hydrogens (tertiary/aromatic N) is 3. The fourth-order valence-electron chi connectivity index (χ4n) is 6.31. The minimum Gasteiger partial charge on any atom is -0.507 e. The van der Waals surface area contributed by atoms with Gasteiger partial charge in [-0.3, -0.25) is 4.79 Å². The molecular weight excluding hydrogens is 431 g/mol. The number of aromatic nitrogens is 2. The summed E-state index contributed by atoms with van der Waals surface area (Å²) in [5.41, 5.74) is 1.73. The fraction of sp³-hybridized carbons (Fsp3) is 0.444. The molecular formula is C27H31FN4O2. The molecule has 6 nitrogen and oxygen atoms in total. The first-order valence-electron chi connectivity index (χ1n) is 11.9. The van der Waals surface area contributed by atoms with E-state index in [2.05, 4.69) is 41.3 Å². The molecule has 0 radical (unpaired) electrons. The van der Waals surface area contributed by atoms with Crippen molar-refractivity contribution >= 4 is 22.5 Å². The Bertz CT molecular complexity index is 1260. The summed E-state index contributed by atoms with van der Waals surface area (Å²) >= 11 is 0. The molecule has 34 heavy (non-hydrogen) atoms. The van der Waals surface area contributed by atoms with Crippen molar-refractivity contribution < 1.29 is 14.3 Å². The number of nitrogens with one attached hydrogen (secondary N) is 1. The van der Waals surface area contributed by atoms with E-state index in [1.807, 2.05) is 12.1 Å². The van der Waals surface area contributed by atoms with E-state index in [4.69, 9.17) is 0 Å². The van der Waals surface area contributed by atoms with Gasteiger partial charge in [0, 0.05) is 25.7 Å². The average Bonchev–Trinajstić information content (AvgIpc) is 3.04. The van der Waals surface area contributed by atoms with Crippen molar-refractivity contribution in [3.05, 3.63) is 47.8 Å². The second kappa shape index (κ2) is 7.93. The van der Waals surface area contributed by atoms with Gasteiger partial charge in [-0.1, -0.05) is 13.8 Å². The summed E-state index contributed by atoms with van der Waals surface area (Å²) in [4.78, 5) is 14.1. The monoisotopic (exact) mass is 462 g/mol. The predicted octanol–water partition coefficient (Wildman–Crippen LogP) is 5.30. The molecule has 2 aromatic carbocycles. The van der Waals surface area contributed by atoms with Crippen LogP contribution in [0.1, 0.15) is 56.3 Å². The quantitative estimate of drug-likeness (QED) is 0.550. The molecule has 3 aromatic rings. The maximum Gasteiger partial charge on any atom is 0.254 e. The zero-order chi connectivity index (χ0) is 24.3. The Morgan fingerprint density at radius 3 is 2.38 bits per heavy atom. The molecule has 2 N–H and O–H groups in total. The van der Waals surface area contributed by atoms with Crippen molar-refractivity contribution in [2.45, 2.75) is 52.0 Å². The highest BCUT2D eigenvalue weighted by molar-refractivity contribution is 6.00. The van der Waals surface area contributed by atoms with Gasteiger partial charge in [0.1, 0.15) is 11.6 Å². The van der Waals surface area contributed by atoms with Crippen LogP contribution in [-0.2, 0) is 0 Å². The van der Waals surface area contributed by atoms with Crippen LogP contribution in [-0.4, -0.2) is 41.3 Å². The van der Waals surface area contributed by atoms with E-state index in [0.29, 0.717) is 38.9 Å². The van der Waals surface area contributed by atoms with Crippen LogP contribution < -0.4 is 10.2 Å². The first-order chi connectivity index (χ1) is 16.1. The second-order valence-electron chi connectivity index (χ2n) is 10.9. The number of carbonyl (C=O) groups excluding carboxylic acids is 1. The maximum absolute atomic E-state index is 14.5. The SMILES string of the molecule is CNC(=O)c1cc2cc(O)c(-c3ccc(N(C)C4C[C@]5(C)CC[C@](C)(C4)C5)nn3)cc2cc1F. The van der Waals surface area contributed by atoms with E-state index >= 15 is 0 Å². The molecule has 2 bridgehead atoms. The number of phenolic OH excluding ortho intramolecular Hbond substituents is 1. The molecule has 0 spiro atoms. The van der Waals surface area contributed by atoms with Gasteiger partial charge in [0.25, 0.3) is 5.91 Å². The molecule has 1 heterocycles. The summed E-state index contributed by atoms with van der Waals surface area (Å²) in [6.45, 7) is 4.83. The molecule has 5 rings (SSSR count). The first-order valence-corrected chi connectivity index (χ1v) is 11.9. The highest BCUT2D eigenvalue weighted by Crippen LogP contribution is 2.58. The van der Waals surface area contributed by atoms with E-state index < -0.39 is 11.7 Å². The lowest BCUT2D eigenvalue weighted by atomic mass is 9.68. The van der Waals surface area contributed by atoms with Crippen LogP contribution in [0.4, 0.5) is 10.2 Å². The first kappa shape index (κ1) is 22.6. The Kier molecular flexibility index (Phi) is 5.26. The van der Waals surface area contributed by atoms with Crippen LogP contribution in [0.3, 0.4) is 0 Å². The van der Waals surface area contributed by atoms with Crippen molar-refractivity contribution in [3.63, 3.8) is 0 Å². The molecule has 178 valence electrons. The van der Waals surface area contributed by atoms with Gasteiger partial charge in [-0.05, 0) is 90.1 Å². The van der Waals surface area contributed by atoms with Crippen molar-refractivity contribution in [2.24, 2.45) is 10.8 Å². The van der Waals surface area contributed by atoms with Crippen LogP contribution in [0.5, 0.6) is 5.75 Å². The topological polar surface area (TPSA) is 78.4 Å². The number of phenols is 1. The number of rotatable bonds is 4. The minimum absolute atomic E-state index is 0.00192. The van der Waals surface area contributed by atoms with Crippen LogP contribution >= 0.6 is 0 Å². The molecule has 1 unspecified atom stereocenters. The third-order valence-corrected chi connectivity index (χ3v) is 7.99. The lowest BCUT2D eigenvalue weighted by molar-refractivity contribution is 0.0959. The Labute approximate surface area is 199 Å². The number of carbonyl (C=O) groups is 1. The van der Waals surface area contributed by atoms with Crippen LogP contribution in [0.2, 0.25) is 0 Å². The molecule has 3 atom stereocenters. The van der Waals surface area contributed by atoms with Crippen LogP contribution in [0, 0.1) is 16.6 Å². The maximum atomic E-state index is 14.5. The number of anilines is 1. The van der Waals surface area contributed by atoms with Crippen molar-refractivity contribution in [1.82, 2.24) is 15.5 Å². The van der Waals surface area contributed by atoms with E-state index in [9.17, 15) is 14.3 Å². The number of hydrogen-bond acceptors (Lipinski definition) is 5. The third kappa shape index (κ3) is 3.87. The standard InChI is InChI=1S/C27H31FN4O2/c1-26-7-8-27(2,15-26)14-18(13-26)32(4)24-6-5-22(30-31-24)20-10-16-11-21(28)19(25(34)29-3)9-17(16)12-23(20)33/h5-6,9-12,18,33H,7-8,13-15H2,1-4H3,(H,29,34)/t18?,26-,27+. The van der Waals surface area contributed by atoms with E-state index in [1.54, 1.807) is 6.07 Å². The predicted molar refractivity (Wildman–Crippen MR) is 131 cm³/mol. The largest absolute Gasteiger partial charge is 0.507 e. The Hall–Kier alpha value is -3.22. The number of fused-ring (bicyclic) bond motifs is 3. The highest BCUT2D eigenvalue weighted by atomic mass is 19.1. The summed E-state index contributed by atoms with van der Waals surface area (Å²) in [5, 5.41) is 23.1. The summed E-state index contributed by atoms with van der Waals surface area (Å²) < 4.78 is 14.5. The van der Waals surface area contributed by atoms with Crippen molar-refractivity contribution in [1.29, 1.82) is 0 Å². The van der Waals surface area contributed by atoms with Gasteiger partial charge < -0.3 is 15.3 Å². The van der Waals surface area contributed by atoms with Crippen LogP contribution in [0.15, 0.2) is 36.4 Å². The van der Waals surface area contributed by atoms with Crippen LogP contribution in [0.25, 0.3) is 22.0 Å². The summed E-state index contributed by atoms with van der Waals surface area (Å²) in [5.74, 6) is -0.316. The zero-order valence-corrected chi connectivity index (χ0v) is 20.2. The van der Waals surface area contributed by atoms with Gasteiger partial charge in [-0.15, -0.1) is 10.2 Å². The molecule has 7 heteroatoms. The Morgan fingerprint density at radius 1 is 1.09 bits per heavy atom. The van der Waals surface area contributed by atoms with E-state index in [0.717, 1.165) is 18.7 Å². The summed E-state index contributed by atoms with van der Waals surface area (Å²) in [6.07, 6.45) is 6.23. The molecule has 2 aliphatic rings. The average molecular weight is 463 g/mol. The van der Waals surface area contributed by atoms with Gasteiger partial charge in [-0.25, -0.2) is 4.39 Å². The fourth-order valence-corrected chi connectivity index (χ4v) is 6.31. The van der Waals surface area contributed by atoms with Crippen molar-refractivity contribution in [2.75, 3.05) is 19.0 Å². The minimum atomic E-state index is -0.615. The summed E-state index contributed by atoms with van der Waals surface area (Å²) in [6, 6.07) is 10.1. The third-order valence-electron chi connectivity index (χ3n) is 7.99. The molecule has 2 fully saturated rings. The van der Waals surface area contributed by atoms with Gasteiger partial charge in [0.15, 0.2) is 5.82 Å². The van der Waals surface area contributed by atoms with E-state index in [1.165, 1.54) is 44.5 Å². The highest BCUT2D eigenvalue weighted by Gasteiger charge is 2.50. The van der Waals surface area contributed by atoms with Gasteiger partial charge in [0.2, 0.25) is 0 Å². The Morgan fingerprint density at radius 2 is 1.76 bits per heavy atom. The molecule has 1 aromatic heterocycles. The zero-order valence-electron chi connectivity index (χ0n) is 20.2. The number of halogens is 1. The van der Waals surface area contributed by atoms with Gasteiger partial charge in [-0.2, -0.15) is 0 Å². The van der Waals surface area contributed by atoms with E-state index in [-0.39, 0.29) is 11.3 Å². The smallest absolute Gasteiger partial charge is 0.254 e. The number of hydrogen-bond donors (Lipinski definition) is 2. The molecule has 2 saturated carbocycles. The molecule has 0 saturated heterocycles. The summed E-state index contributed by atoms with van der Waals surface area (Å²) in [7, 11) is 3.54.